The third kappa shape index (κ3) is 8.00. The average Bonchev–Trinajstić information content (AvgIpc) is 1.53. The Morgan fingerprint density at radius 2 is 1.64 bits per heavy atom. The number of hydrogen-bond donors (Lipinski definition) is 1. The lowest BCUT2D eigenvalue weighted by molar-refractivity contribution is -0.182. The second-order valence-corrected chi connectivity index (χ2v) is 7.99. The number of aliphatic hydroxyl groups excluding tert-OH is 1. The fourth-order valence-corrected chi connectivity index (χ4v) is 1.85. The van der Waals surface area contributed by atoms with Crippen LogP contribution in [0.5, 0.6) is 0 Å². The van der Waals surface area contributed by atoms with E-state index >= 15 is 0 Å². The van der Waals surface area contributed by atoms with Crippen molar-refractivity contribution in [1.29, 1.82) is 0 Å². The van der Waals surface area contributed by atoms with Crippen LogP contribution in [0, 0.1) is 0 Å². The highest BCUT2D eigenvalue weighted by atomic mass is 28.4. The van der Waals surface area contributed by atoms with Crippen LogP contribution in [-0.4, -0.2) is 26.0 Å². The van der Waals surface area contributed by atoms with Gasteiger partial charge in [0, 0.05) is 0 Å². The van der Waals surface area contributed by atoms with E-state index in [4.69, 9.17) is 14.3 Å². The van der Waals surface area contributed by atoms with Crippen molar-refractivity contribution in [3.8, 4) is 0 Å². The Labute approximate surface area is 69.5 Å². The van der Waals surface area contributed by atoms with Gasteiger partial charge in [0.25, 0.3) is 0 Å². The maximum absolute atomic E-state index is 8.83. The molecule has 0 rings (SSSR count). The van der Waals surface area contributed by atoms with E-state index in [9.17, 15) is 0 Å². The molecule has 0 aromatic rings. The molecule has 0 aliphatic heterocycles. The molecule has 0 aromatic carbocycles. The predicted molar refractivity (Wildman–Crippen MR) is 46.7 cm³/mol. The zero-order chi connectivity index (χ0) is 9.07. The molecule has 2 unspecified atom stereocenters. The Kier molecular flexibility index (Phi) is 4.24. The Morgan fingerprint density at radius 1 is 1.18 bits per heavy atom. The second-order valence-electron chi connectivity index (χ2n) is 3.53. The van der Waals surface area contributed by atoms with Gasteiger partial charge in [-0.3, -0.25) is 0 Å². The van der Waals surface area contributed by atoms with Crippen molar-refractivity contribution < 1.29 is 14.3 Å². The molecule has 0 bridgehead atoms. The first kappa shape index (κ1) is 11.1. The number of ether oxygens (including phenoxy) is 1. The van der Waals surface area contributed by atoms with Gasteiger partial charge in [0.2, 0.25) is 0 Å². The molecule has 0 fully saturated rings. The zero-order valence-electron chi connectivity index (χ0n) is 7.92. The van der Waals surface area contributed by atoms with Gasteiger partial charge in [-0.1, -0.05) is 0 Å². The molecule has 2 atom stereocenters. The molecule has 0 aliphatic carbocycles. The topological polar surface area (TPSA) is 38.7 Å². The normalized spacial score (nSPS) is 18.0. The Balaban J connectivity index is 3.61. The number of aliphatic hydroxyl groups is 1. The minimum atomic E-state index is -1.52. The van der Waals surface area contributed by atoms with E-state index in [2.05, 4.69) is 19.6 Å². The second kappa shape index (κ2) is 4.20. The van der Waals surface area contributed by atoms with E-state index in [0.717, 1.165) is 0 Å². The highest BCUT2D eigenvalue weighted by molar-refractivity contribution is 6.69. The van der Waals surface area contributed by atoms with Gasteiger partial charge in [0.1, 0.15) is 6.29 Å². The summed E-state index contributed by atoms with van der Waals surface area (Å²) in [5.41, 5.74) is 0. The largest absolute Gasteiger partial charge is 0.393 e. The van der Waals surface area contributed by atoms with Gasteiger partial charge in [0.15, 0.2) is 14.6 Å². The molecule has 4 heteroatoms. The van der Waals surface area contributed by atoms with Crippen molar-refractivity contribution in [3.63, 3.8) is 0 Å². The van der Waals surface area contributed by atoms with Crippen LogP contribution in [0.1, 0.15) is 13.8 Å². The molecule has 0 heterocycles. The summed E-state index contributed by atoms with van der Waals surface area (Å²) < 4.78 is 10.5. The minimum absolute atomic E-state index is 0.304. The Hall–Kier alpha value is 0.0969. The third-order valence-electron chi connectivity index (χ3n) is 0.908. The van der Waals surface area contributed by atoms with Crippen molar-refractivity contribution in [3.05, 3.63) is 0 Å². The quantitative estimate of drug-likeness (QED) is 0.524. The zero-order valence-corrected chi connectivity index (χ0v) is 8.92. The van der Waals surface area contributed by atoms with Gasteiger partial charge < -0.3 is 14.3 Å². The number of hydrogen-bond acceptors (Lipinski definition) is 3. The van der Waals surface area contributed by atoms with Crippen LogP contribution in [0.3, 0.4) is 0 Å². The average molecular weight is 178 g/mol. The van der Waals surface area contributed by atoms with Gasteiger partial charge in [-0.25, -0.2) is 0 Å². The van der Waals surface area contributed by atoms with Crippen LogP contribution in [-0.2, 0) is 9.16 Å². The monoisotopic (exact) mass is 178 g/mol. The summed E-state index contributed by atoms with van der Waals surface area (Å²) in [5, 5.41) is 8.83. The van der Waals surface area contributed by atoms with Crippen molar-refractivity contribution in [2.24, 2.45) is 0 Å². The molecular weight excluding hydrogens is 160 g/mol. The first-order chi connectivity index (χ1) is 4.81. The van der Waals surface area contributed by atoms with E-state index in [1.165, 1.54) is 0 Å². The molecule has 0 saturated carbocycles. The lowest BCUT2D eigenvalue weighted by Gasteiger charge is -2.24. The fourth-order valence-electron chi connectivity index (χ4n) is 0.803. The van der Waals surface area contributed by atoms with Gasteiger partial charge in [-0.2, -0.15) is 0 Å². The highest BCUT2D eigenvalue weighted by Gasteiger charge is 2.19. The molecular formula is C7H18O3Si. The summed E-state index contributed by atoms with van der Waals surface area (Å²) in [6.45, 7) is 9.60. The molecule has 68 valence electrons. The number of rotatable bonds is 4. The van der Waals surface area contributed by atoms with E-state index < -0.39 is 14.6 Å². The van der Waals surface area contributed by atoms with Gasteiger partial charge in [0.05, 0.1) is 0 Å². The van der Waals surface area contributed by atoms with Crippen LogP contribution in [0.25, 0.3) is 0 Å². The summed E-state index contributed by atoms with van der Waals surface area (Å²) in [6, 6.07) is 0. The first-order valence-electron chi connectivity index (χ1n) is 3.82. The SMILES string of the molecule is CC(O)OC(C)O[Si](C)(C)C. The lowest BCUT2D eigenvalue weighted by atomic mass is 10.7. The van der Waals surface area contributed by atoms with E-state index in [1.54, 1.807) is 13.8 Å². The lowest BCUT2D eigenvalue weighted by Crippen LogP contribution is -2.33. The molecule has 0 saturated heterocycles. The Bertz CT molecular complexity index is 109. The van der Waals surface area contributed by atoms with Crippen LogP contribution < -0.4 is 0 Å². The molecule has 3 nitrogen and oxygen atoms in total. The molecule has 0 aliphatic rings. The standard InChI is InChI=1S/C7H18O3Si/c1-6(8)9-7(2)10-11(3,4)5/h6-8H,1-5H3. The van der Waals surface area contributed by atoms with Crippen LogP contribution in [0.15, 0.2) is 0 Å². The van der Waals surface area contributed by atoms with E-state index in [1.807, 2.05) is 0 Å². The molecule has 0 amide bonds. The van der Waals surface area contributed by atoms with Gasteiger partial charge in [-0.15, -0.1) is 0 Å². The van der Waals surface area contributed by atoms with Crippen molar-refractivity contribution >= 4 is 8.32 Å². The van der Waals surface area contributed by atoms with Crippen LogP contribution in [0.4, 0.5) is 0 Å². The Morgan fingerprint density at radius 3 is 1.91 bits per heavy atom. The molecule has 0 aromatic heterocycles. The van der Waals surface area contributed by atoms with Gasteiger partial charge >= 0.3 is 0 Å². The third-order valence-corrected chi connectivity index (χ3v) is 1.95. The molecule has 0 radical (unpaired) electrons. The summed E-state index contributed by atoms with van der Waals surface area (Å²) in [5.74, 6) is 0. The highest BCUT2D eigenvalue weighted by Crippen LogP contribution is 2.08. The van der Waals surface area contributed by atoms with Gasteiger partial charge in [-0.05, 0) is 33.5 Å². The maximum Gasteiger partial charge on any atom is 0.187 e. The summed E-state index contributed by atoms with van der Waals surface area (Å²) >= 11 is 0. The van der Waals surface area contributed by atoms with E-state index in [0.29, 0.717) is 0 Å². The summed E-state index contributed by atoms with van der Waals surface area (Å²) in [4.78, 5) is 0. The van der Waals surface area contributed by atoms with Crippen LogP contribution in [0.2, 0.25) is 19.6 Å². The summed E-state index contributed by atoms with van der Waals surface area (Å²) in [6.07, 6.45) is -1.05. The van der Waals surface area contributed by atoms with Crippen molar-refractivity contribution in [1.82, 2.24) is 0 Å². The van der Waals surface area contributed by atoms with Crippen molar-refractivity contribution in [2.75, 3.05) is 0 Å². The predicted octanol–water partition coefficient (Wildman–Crippen LogP) is 1.54. The minimum Gasteiger partial charge on any atom is -0.393 e. The fraction of sp³-hybridized carbons (Fsp3) is 1.00. The maximum atomic E-state index is 8.83. The molecule has 11 heavy (non-hydrogen) atoms. The molecule has 0 spiro atoms. The summed E-state index contributed by atoms with van der Waals surface area (Å²) in [7, 11) is -1.52. The van der Waals surface area contributed by atoms with Crippen molar-refractivity contribution in [2.45, 2.75) is 46.1 Å². The smallest absolute Gasteiger partial charge is 0.187 e. The van der Waals surface area contributed by atoms with Crippen LogP contribution >= 0.6 is 0 Å². The molecule has 1 N–H and O–H groups in total. The first-order valence-corrected chi connectivity index (χ1v) is 7.23. The van der Waals surface area contributed by atoms with E-state index in [-0.39, 0.29) is 6.29 Å².